The Hall–Kier alpha value is -1.80. The summed E-state index contributed by atoms with van der Waals surface area (Å²) in [5, 5.41) is 11.6. The standard InChI is InChI=1S/C13H8Br2FN5/c14-9-5-4-7(16)6-11(9)21-13(18-19-20-21)8-2-1-3-10(17)12(8)15/h1-6H,17H2. The fraction of sp³-hybridized carbons (Fsp3) is 0. The van der Waals surface area contributed by atoms with E-state index in [1.54, 1.807) is 18.2 Å². The Kier molecular flexibility index (Phi) is 3.73. The number of anilines is 1. The van der Waals surface area contributed by atoms with Crippen LogP contribution in [0.3, 0.4) is 0 Å². The van der Waals surface area contributed by atoms with E-state index in [0.29, 0.717) is 26.1 Å². The molecule has 0 saturated carbocycles. The highest BCUT2D eigenvalue weighted by Crippen LogP contribution is 2.33. The number of rotatable bonds is 2. The summed E-state index contributed by atoms with van der Waals surface area (Å²) < 4.78 is 16.3. The normalized spacial score (nSPS) is 10.8. The highest BCUT2D eigenvalue weighted by molar-refractivity contribution is 9.11. The molecule has 0 atom stereocenters. The summed E-state index contributed by atoms with van der Waals surface area (Å²) >= 11 is 6.79. The molecule has 0 radical (unpaired) electrons. The highest BCUT2D eigenvalue weighted by Gasteiger charge is 2.17. The molecule has 5 nitrogen and oxygen atoms in total. The van der Waals surface area contributed by atoms with E-state index in [1.165, 1.54) is 16.8 Å². The van der Waals surface area contributed by atoms with Crippen molar-refractivity contribution in [3.05, 3.63) is 51.2 Å². The molecule has 0 fully saturated rings. The maximum Gasteiger partial charge on any atom is 0.188 e. The van der Waals surface area contributed by atoms with E-state index < -0.39 is 0 Å². The Labute approximate surface area is 136 Å². The molecule has 0 saturated heterocycles. The van der Waals surface area contributed by atoms with Gasteiger partial charge in [0.25, 0.3) is 0 Å². The number of aromatic nitrogens is 4. The fourth-order valence-electron chi connectivity index (χ4n) is 1.89. The molecule has 1 heterocycles. The van der Waals surface area contributed by atoms with Gasteiger partial charge in [-0.1, -0.05) is 6.07 Å². The number of hydrogen-bond acceptors (Lipinski definition) is 4. The summed E-state index contributed by atoms with van der Waals surface area (Å²) in [6.07, 6.45) is 0. The van der Waals surface area contributed by atoms with Crippen LogP contribution < -0.4 is 5.73 Å². The SMILES string of the molecule is Nc1cccc(-c2nnnn2-c2cc(F)ccc2Br)c1Br. The van der Waals surface area contributed by atoms with Crippen LogP contribution in [-0.4, -0.2) is 20.2 Å². The van der Waals surface area contributed by atoms with Crippen LogP contribution in [0.25, 0.3) is 17.1 Å². The number of hydrogen-bond donors (Lipinski definition) is 1. The summed E-state index contributed by atoms with van der Waals surface area (Å²) in [7, 11) is 0. The molecule has 2 N–H and O–H groups in total. The van der Waals surface area contributed by atoms with Gasteiger partial charge in [-0.3, -0.25) is 0 Å². The predicted octanol–water partition coefficient (Wildman–Crippen LogP) is 3.58. The summed E-state index contributed by atoms with van der Waals surface area (Å²) in [6, 6.07) is 9.70. The molecular formula is C13H8Br2FN5. The Bertz CT molecular complexity index is 802. The molecule has 8 heteroatoms. The molecule has 0 spiro atoms. The topological polar surface area (TPSA) is 69.6 Å². The molecule has 0 amide bonds. The maximum absolute atomic E-state index is 13.5. The van der Waals surface area contributed by atoms with Crippen LogP contribution in [0.4, 0.5) is 10.1 Å². The predicted molar refractivity (Wildman–Crippen MR) is 84.4 cm³/mol. The lowest BCUT2D eigenvalue weighted by Gasteiger charge is -2.09. The lowest BCUT2D eigenvalue weighted by atomic mass is 10.2. The minimum atomic E-state index is -0.374. The van der Waals surface area contributed by atoms with Crippen molar-refractivity contribution in [2.75, 3.05) is 5.73 Å². The number of nitrogens with zero attached hydrogens (tertiary/aromatic N) is 4. The van der Waals surface area contributed by atoms with Crippen molar-refractivity contribution < 1.29 is 4.39 Å². The van der Waals surface area contributed by atoms with Crippen LogP contribution >= 0.6 is 31.9 Å². The van der Waals surface area contributed by atoms with Gasteiger partial charge in [0, 0.05) is 21.8 Å². The summed E-state index contributed by atoms with van der Waals surface area (Å²) in [5.74, 6) is 0.0850. The monoisotopic (exact) mass is 411 g/mol. The molecule has 3 aromatic rings. The first-order chi connectivity index (χ1) is 10.1. The van der Waals surface area contributed by atoms with Gasteiger partial charge in [-0.05, 0) is 66.6 Å². The Morgan fingerprint density at radius 1 is 1.14 bits per heavy atom. The van der Waals surface area contributed by atoms with Crippen LogP contribution in [0.5, 0.6) is 0 Å². The third kappa shape index (κ3) is 2.56. The second-order valence-corrected chi connectivity index (χ2v) is 5.87. The van der Waals surface area contributed by atoms with E-state index in [1.807, 2.05) is 6.07 Å². The van der Waals surface area contributed by atoms with Crippen LogP contribution in [-0.2, 0) is 0 Å². The van der Waals surface area contributed by atoms with Gasteiger partial charge in [-0.2, -0.15) is 4.68 Å². The largest absolute Gasteiger partial charge is 0.398 e. The summed E-state index contributed by atoms with van der Waals surface area (Å²) in [4.78, 5) is 0. The van der Waals surface area contributed by atoms with Crippen molar-refractivity contribution in [1.29, 1.82) is 0 Å². The van der Waals surface area contributed by atoms with Gasteiger partial charge in [0.15, 0.2) is 5.82 Å². The smallest absolute Gasteiger partial charge is 0.188 e. The molecule has 106 valence electrons. The lowest BCUT2D eigenvalue weighted by molar-refractivity contribution is 0.624. The number of halogens is 3. The van der Waals surface area contributed by atoms with E-state index in [4.69, 9.17) is 5.73 Å². The van der Waals surface area contributed by atoms with Crippen molar-refractivity contribution in [2.24, 2.45) is 0 Å². The van der Waals surface area contributed by atoms with E-state index in [-0.39, 0.29) is 5.82 Å². The van der Waals surface area contributed by atoms with Crippen LogP contribution in [0, 0.1) is 5.82 Å². The molecule has 3 rings (SSSR count). The molecule has 0 aliphatic heterocycles. The van der Waals surface area contributed by atoms with E-state index in [2.05, 4.69) is 47.4 Å². The number of tetrazole rings is 1. The van der Waals surface area contributed by atoms with Gasteiger partial charge in [-0.15, -0.1) is 5.10 Å². The van der Waals surface area contributed by atoms with Gasteiger partial charge >= 0.3 is 0 Å². The first-order valence-corrected chi connectivity index (χ1v) is 7.44. The average Bonchev–Trinajstić information content (AvgIpc) is 2.93. The second-order valence-electron chi connectivity index (χ2n) is 4.22. The maximum atomic E-state index is 13.5. The van der Waals surface area contributed by atoms with E-state index >= 15 is 0 Å². The van der Waals surface area contributed by atoms with Crippen molar-refractivity contribution >= 4 is 37.5 Å². The zero-order chi connectivity index (χ0) is 15.0. The van der Waals surface area contributed by atoms with Crippen molar-refractivity contribution in [3.8, 4) is 17.1 Å². The lowest BCUT2D eigenvalue weighted by Crippen LogP contribution is -2.02. The molecule has 21 heavy (non-hydrogen) atoms. The molecule has 1 aromatic heterocycles. The zero-order valence-electron chi connectivity index (χ0n) is 10.5. The molecule has 0 unspecified atom stereocenters. The van der Waals surface area contributed by atoms with Gasteiger partial charge in [0.1, 0.15) is 5.82 Å². The Balaban J connectivity index is 2.22. The van der Waals surface area contributed by atoms with Gasteiger partial charge in [-0.25, -0.2) is 4.39 Å². The third-order valence-corrected chi connectivity index (χ3v) is 4.43. The van der Waals surface area contributed by atoms with Crippen LogP contribution in [0.15, 0.2) is 45.3 Å². The molecule has 0 aliphatic carbocycles. The number of nitrogen functional groups attached to an aromatic ring is 1. The fourth-order valence-corrected chi connectivity index (χ4v) is 2.74. The van der Waals surface area contributed by atoms with Crippen molar-refractivity contribution in [1.82, 2.24) is 20.2 Å². The zero-order valence-corrected chi connectivity index (χ0v) is 13.6. The van der Waals surface area contributed by atoms with Crippen molar-refractivity contribution in [2.45, 2.75) is 0 Å². The molecule has 0 bridgehead atoms. The number of nitrogens with two attached hydrogens (primary N) is 1. The number of benzene rings is 2. The third-order valence-electron chi connectivity index (χ3n) is 2.88. The van der Waals surface area contributed by atoms with E-state index in [0.717, 1.165) is 5.56 Å². The Morgan fingerprint density at radius 2 is 1.95 bits per heavy atom. The van der Waals surface area contributed by atoms with Crippen molar-refractivity contribution in [3.63, 3.8) is 0 Å². The molecular weight excluding hydrogens is 405 g/mol. The van der Waals surface area contributed by atoms with Crippen LogP contribution in [0.2, 0.25) is 0 Å². The first-order valence-electron chi connectivity index (χ1n) is 5.86. The first kappa shape index (κ1) is 14.2. The highest BCUT2D eigenvalue weighted by atomic mass is 79.9. The average molecular weight is 413 g/mol. The van der Waals surface area contributed by atoms with Gasteiger partial charge in [0.05, 0.1) is 10.2 Å². The Morgan fingerprint density at radius 3 is 2.76 bits per heavy atom. The quantitative estimate of drug-likeness (QED) is 0.653. The van der Waals surface area contributed by atoms with E-state index in [9.17, 15) is 4.39 Å². The minimum absolute atomic E-state index is 0.374. The minimum Gasteiger partial charge on any atom is -0.398 e. The van der Waals surface area contributed by atoms with Gasteiger partial charge < -0.3 is 5.73 Å². The second kappa shape index (κ2) is 5.53. The van der Waals surface area contributed by atoms with Gasteiger partial charge in [0.2, 0.25) is 0 Å². The van der Waals surface area contributed by atoms with Crippen LogP contribution in [0.1, 0.15) is 0 Å². The summed E-state index contributed by atoms with van der Waals surface area (Å²) in [5.41, 5.74) is 7.67. The molecule has 2 aromatic carbocycles. The summed E-state index contributed by atoms with van der Waals surface area (Å²) in [6.45, 7) is 0. The molecule has 0 aliphatic rings.